The fourth-order valence-corrected chi connectivity index (χ4v) is 5.48. The molecular weight excluding hydrogens is 396 g/mol. The first-order valence-corrected chi connectivity index (χ1v) is 11.4. The van der Waals surface area contributed by atoms with E-state index >= 15 is 0 Å². The summed E-state index contributed by atoms with van der Waals surface area (Å²) < 4.78 is 1.19. The molecular formula is C23H28N4O2S. The van der Waals surface area contributed by atoms with Crippen molar-refractivity contribution in [3.05, 3.63) is 50.6 Å². The van der Waals surface area contributed by atoms with Crippen molar-refractivity contribution in [2.24, 2.45) is 11.3 Å². The average Bonchev–Trinajstić information content (AvgIpc) is 3.08. The zero-order valence-electron chi connectivity index (χ0n) is 18.0. The third-order valence-electron chi connectivity index (χ3n) is 6.13. The van der Waals surface area contributed by atoms with Gasteiger partial charge in [-0.3, -0.25) is 9.59 Å². The highest BCUT2D eigenvalue weighted by Crippen LogP contribution is 2.41. The molecule has 158 valence electrons. The van der Waals surface area contributed by atoms with Crippen LogP contribution in [-0.4, -0.2) is 20.9 Å². The van der Waals surface area contributed by atoms with Gasteiger partial charge in [0.25, 0.3) is 5.56 Å². The SMILES string of the molecule is CCc1ccccc1NC(=O)Cn1nnc2sc3c(c2c1=O)CC[C@@H](C(C)(C)C)C3. The maximum absolute atomic E-state index is 13.1. The molecule has 0 radical (unpaired) electrons. The van der Waals surface area contributed by atoms with E-state index in [1.54, 1.807) is 11.3 Å². The molecule has 6 nitrogen and oxygen atoms in total. The number of nitrogens with zero attached hydrogens (tertiary/aromatic N) is 3. The van der Waals surface area contributed by atoms with Crippen molar-refractivity contribution in [1.29, 1.82) is 0 Å². The molecule has 2 heterocycles. The van der Waals surface area contributed by atoms with Crippen LogP contribution in [0.1, 0.15) is 50.1 Å². The van der Waals surface area contributed by atoms with Crippen molar-refractivity contribution < 1.29 is 4.79 Å². The van der Waals surface area contributed by atoms with Crippen molar-refractivity contribution in [1.82, 2.24) is 15.0 Å². The zero-order valence-corrected chi connectivity index (χ0v) is 18.8. The monoisotopic (exact) mass is 424 g/mol. The summed E-state index contributed by atoms with van der Waals surface area (Å²) in [6, 6.07) is 7.68. The number of nitrogens with one attached hydrogen (secondary N) is 1. The number of hydrogen-bond donors (Lipinski definition) is 1. The Labute approximate surface area is 180 Å². The molecule has 1 aliphatic carbocycles. The number of rotatable bonds is 4. The fraction of sp³-hybridized carbons (Fsp3) is 0.478. The third-order valence-corrected chi connectivity index (χ3v) is 7.27. The number of anilines is 1. The summed E-state index contributed by atoms with van der Waals surface area (Å²) in [4.78, 5) is 27.7. The number of carbonyl (C=O) groups is 1. The molecule has 1 amide bonds. The van der Waals surface area contributed by atoms with Crippen LogP contribution in [0.4, 0.5) is 5.69 Å². The highest BCUT2D eigenvalue weighted by atomic mass is 32.1. The molecule has 4 rings (SSSR count). The van der Waals surface area contributed by atoms with Gasteiger partial charge >= 0.3 is 0 Å². The van der Waals surface area contributed by atoms with Crippen LogP contribution in [0.5, 0.6) is 0 Å². The molecule has 0 aliphatic heterocycles. The topological polar surface area (TPSA) is 76.9 Å². The van der Waals surface area contributed by atoms with Crippen LogP contribution in [0.15, 0.2) is 29.1 Å². The molecule has 0 bridgehead atoms. The second-order valence-electron chi connectivity index (χ2n) is 9.10. The van der Waals surface area contributed by atoms with Gasteiger partial charge in [0.05, 0.1) is 5.39 Å². The predicted octanol–water partition coefficient (Wildman–Crippen LogP) is 4.21. The van der Waals surface area contributed by atoms with Crippen LogP contribution in [0, 0.1) is 11.3 Å². The van der Waals surface area contributed by atoms with Gasteiger partial charge in [0.2, 0.25) is 5.91 Å². The summed E-state index contributed by atoms with van der Waals surface area (Å²) >= 11 is 1.58. The molecule has 1 aromatic carbocycles. The number of amides is 1. The molecule has 0 spiro atoms. The van der Waals surface area contributed by atoms with Gasteiger partial charge < -0.3 is 5.32 Å². The molecule has 1 aliphatic rings. The van der Waals surface area contributed by atoms with Crippen LogP contribution >= 0.6 is 11.3 Å². The Kier molecular flexibility index (Phi) is 5.49. The smallest absolute Gasteiger partial charge is 0.279 e. The fourth-order valence-electron chi connectivity index (χ4n) is 4.25. The van der Waals surface area contributed by atoms with E-state index in [0.29, 0.717) is 16.1 Å². The number of benzene rings is 1. The Balaban J connectivity index is 1.60. The number of thiophene rings is 1. The molecule has 2 aromatic heterocycles. The van der Waals surface area contributed by atoms with Crippen LogP contribution in [-0.2, 0) is 30.6 Å². The van der Waals surface area contributed by atoms with E-state index in [9.17, 15) is 9.59 Å². The Hall–Kier alpha value is -2.54. The first kappa shape index (κ1) is 20.7. The lowest BCUT2D eigenvalue weighted by molar-refractivity contribution is -0.117. The molecule has 0 unspecified atom stereocenters. The van der Waals surface area contributed by atoms with Crippen molar-refractivity contribution in [2.75, 3.05) is 5.32 Å². The lowest BCUT2D eigenvalue weighted by Gasteiger charge is -2.33. The molecule has 0 fully saturated rings. The zero-order chi connectivity index (χ0) is 21.5. The average molecular weight is 425 g/mol. The van der Waals surface area contributed by atoms with Crippen molar-refractivity contribution >= 4 is 33.1 Å². The molecule has 1 atom stereocenters. The Morgan fingerprint density at radius 1 is 1.30 bits per heavy atom. The predicted molar refractivity (Wildman–Crippen MR) is 121 cm³/mol. The second-order valence-corrected chi connectivity index (χ2v) is 10.2. The van der Waals surface area contributed by atoms with Gasteiger partial charge in [0, 0.05) is 10.6 Å². The maximum Gasteiger partial charge on any atom is 0.279 e. The lowest BCUT2D eigenvalue weighted by Crippen LogP contribution is -2.31. The number of fused-ring (bicyclic) bond motifs is 3. The van der Waals surface area contributed by atoms with E-state index in [1.165, 1.54) is 9.56 Å². The Bertz CT molecular complexity index is 1160. The summed E-state index contributed by atoms with van der Waals surface area (Å²) in [5.74, 6) is 0.321. The van der Waals surface area contributed by atoms with Gasteiger partial charge in [-0.25, -0.2) is 4.68 Å². The minimum absolute atomic E-state index is 0.144. The van der Waals surface area contributed by atoms with Crippen LogP contribution in [0.3, 0.4) is 0 Å². The number of hydrogen-bond acceptors (Lipinski definition) is 5. The molecule has 7 heteroatoms. The van der Waals surface area contributed by atoms with Gasteiger partial charge in [-0.2, -0.15) is 0 Å². The summed E-state index contributed by atoms with van der Waals surface area (Å²) in [6.45, 7) is 8.72. The molecule has 30 heavy (non-hydrogen) atoms. The standard InChI is InChI=1S/C23H28N4O2S/c1-5-14-8-6-7-9-17(14)24-19(28)13-27-22(29)20-16-11-10-15(23(2,3)4)12-18(16)30-21(20)25-26-27/h6-9,15H,5,10-13H2,1-4H3,(H,24,28)/t15-/m1/s1. The van der Waals surface area contributed by atoms with Crippen LogP contribution < -0.4 is 10.9 Å². The maximum atomic E-state index is 13.1. The van der Waals surface area contributed by atoms with E-state index in [0.717, 1.165) is 42.5 Å². The van der Waals surface area contributed by atoms with Crippen molar-refractivity contribution in [2.45, 2.75) is 59.9 Å². The van der Waals surface area contributed by atoms with Crippen LogP contribution in [0.25, 0.3) is 10.2 Å². The number of aromatic nitrogens is 3. The van der Waals surface area contributed by atoms with Crippen molar-refractivity contribution in [3.63, 3.8) is 0 Å². The first-order chi connectivity index (χ1) is 14.3. The summed E-state index contributed by atoms with van der Waals surface area (Å²) in [5.41, 5.74) is 2.96. The number of aryl methyl sites for hydroxylation is 2. The summed E-state index contributed by atoms with van der Waals surface area (Å²) in [6.07, 6.45) is 3.75. The highest BCUT2D eigenvalue weighted by Gasteiger charge is 2.32. The summed E-state index contributed by atoms with van der Waals surface area (Å²) in [7, 11) is 0. The van der Waals surface area contributed by atoms with Gasteiger partial charge in [-0.15, -0.1) is 16.4 Å². The van der Waals surface area contributed by atoms with Crippen LogP contribution in [0.2, 0.25) is 0 Å². The first-order valence-electron chi connectivity index (χ1n) is 10.5. The Morgan fingerprint density at radius 2 is 2.07 bits per heavy atom. The van der Waals surface area contributed by atoms with E-state index in [-0.39, 0.29) is 23.4 Å². The quantitative estimate of drug-likeness (QED) is 0.681. The molecule has 3 aromatic rings. The van der Waals surface area contributed by atoms with E-state index in [2.05, 4.69) is 36.4 Å². The van der Waals surface area contributed by atoms with Gasteiger partial charge in [0.15, 0.2) is 4.83 Å². The lowest BCUT2D eigenvalue weighted by atomic mass is 9.72. The number of para-hydroxylation sites is 1. The molecule has 1 N–H and O–H groups in total. The van der Waals surface area contributed by atoms with Gasteiger partial charge in [-0.05, 0) is 54.2 Å². The van der Waals surface area contributed by atoms with Gasteiger partial charge in [-0.1, -0.05) is 51.1 Å². The largest absolute Gasteiger partial charge is 0.324 e. The molecule has 0 saturated carbocycles. The van der Waals surface area contributed by atoms with Crippen molar-refractivity contribution in [3.8, 4) is 0 Å². The third kappa shape index (κ3) is 3.90. The van der Waals surface area contributed by atoms with Gasteiger partial charge in [0.1, 0.15) is 6.54 Å². The second kappa shape index (κ2) is 7.95. The minimum atomic E-state index is -0.274. The van der Waals surface area contributed by atoms with E-state index in [1.807, 2.05) is 31.2 Å². The minimum Gasteiger partial charge on any atom is -0.324 e. The molecule has 0 saturated heterocycles. The van der Waals surface area contributed by atoms with E-state index < -0.39 is 0 Å². The number of carbonyl (C=O) groups excluding carboxylic acids is 1. The summed E-state index contributed by atoms with van der Waals surface area (Å²) in [5, 5.41) is 11.9. The highest BCUT2D eigenvalue weighted by molar-refractivity contribution is 7.18. The normalized spacial score (nSPS) is 16.5. The van der Waals surface area contributed by atoms with E-state index in [4.69, 9.17) is 0 Å². The Morgan fingerprint density at radius 3 is 2.80 bits per heavy atom.